The molecule has 0 heterocycles. The normalized spacial score (nSPS) is 13.7. The number of nitrogens with two attached hydrogens (primary N) is 1. The lowest BCUT2D eigenvalue weighted by atomic mass is 9.87. The van der Waals surface area contributed by atoms with E-state index in [1.807, 2.05) is 20.8 Å². The number of rotatable bonds is 4. The first kappa shape index (κ1) is 15.0. The first-order valence-corrected chi connectivity index (χ1v) is 5.85. The van der Waals surface area contributed by atoms with Crippen LogP contribution in [0.2, 0.25) is 0 Å². The van der Waals surface area contributed by atoms with Gasteiger partial charge in [0.15, 0.2) is 0 Å². The fraction of sp³-hybridized carbons (Fsp3) is 0.538. The van der Waals surface area contributed by atoms with Crippen LogP contribution in [0, 0.1) is 22.9 Å². The van der Waals surface area contributed by atoms with E-state index in [-0.39, 0.29) is 11.0 Å². The summed E-state index contributed by atoms with van der Waals surface area (Å²) in [6.07, 6.45) is 1.21. The number of hydrazine groups is 1. The van der Waals surface area contributed by atoms with Gasteiger partial charge in [0.1, 0.15) is 17.5 Å². The Hall–Kier alpha value is -1.07. The first-order chi connectivity index (χ1) is 8.24. The lowest BCUT2D eigenvalue weighted by molar-refractivity contribution is 0.325. The molecule has 5 heteroatoms. The van der Waals surface area contributed by atoms with Crippen LogP contribution in [0.4, 0.5) is 13.2 Å². The van der Waals surface area contributed by atoms with Crippen LogP contribution in [0.3, 0.4) is 0 Å². The Morgan fingerprint density at radius 1 is 1.17 bits per heavy atom. The van der Waals surface area contributed by atoms with Gasteiger partial charge in [0.25, 0.3) is 0 Å². The molecule has 0 radical (unpaired) electrons. The zero-order chi connectivity index (χ0) is 13.9. The van der Waals surface area contributed by atoms with Gasteiger partial charge in [-0.3, -0.25) is 11.3 Å². The van der Waals surface area contributed by atoms with E-state index in [9.17, 15) is 13.2 Å². The highest BCUT2D eigenvalue weighted by Gasteiger charge is 2.22. The van der Waals surface area contributed by atoms with E-state index in [2.05, 4.69) is 5.43 Å². The van der Waals surface area contributed by atoms with Crippen LogP contribution in [0.25, 0.3) is 0 Å². The van der Waals surface area contributed by atoms with Crippen LogP contribution >= 0.6 is 0 Å². The third-order valence-electron chi connectivity index (χ3n) is 2.78. The maximum Gasteiger partial charge on any atom is 0.133 e. The van der Waals surface area contributed by atoms with Gasteiger partial charge in [0, 0.05) is 17.7 Å². The average Bonchev–Trinajstić information content (AvgIpc) is 2.20. The van der Waals surface area contributed by atoms with Crippen molar-refractivity contribution < 1.29 is 13.2 Å². The molecular weight excluding hydrogens is 241 g/mol. The molecule has 0 saturated heterocycles. The van der Waals surface area contributed by atoms with Gasteiger partial charge in [-0.1, -0.05) is 20.8 Å². The lowest BCUT2D eigenvalue weighted by Crippen LogP contribution is -2.30. The number of benzene rings is 1. The second-order valence-corrected chi connectivity index (χ2v) is 5.60. The van der Waals surface area contributed by atoms with Crippen LogP contribution in [0.1, 0.15) is 45.2 Å². The molecule has 0 aliphatic rings. The largest absolute Gasteiger partial charge is 0.271 e. The summed E-state index contributed by atoms with van der Waals surface area (Å²) in [6.45, 7) is 6.08. The van der Waals surface area contributed by atoms with Gasteiger partial charge in [-0.2, -0.15) is 0 Å². The van der Waals surface area contributed by atoms with Crippen LogP contribution < -0.4 is 11.3 Å². The van der Waals surface area contributed by atoms with E-state index in [1.165, 1.54) is 0 Å². The molecule has 0 spiro atoms. The molecule has 0 saturated carbocycles. The van der Waals surface area contributed by atoms with Crippen molar-refractivity contribution >= 4 is 0 Å². The molecule has 1 unspecified atom stereocenters. The van der Waals surface area contributed by atoms with Crippen molar-refractivity contribution in [1.29, 1.82) is 0 Å². The molecule has 1 aromatic carbocycles. The maximum atomic E-state index is 13.6. The van der Waals surface area contributed by atoms with Crippen molar-refractivity contribution in [3.63, 3.8) is 0 Å². The van der Waals surface area contributed by atoms with Gasteiger partial charge < -0.3 is 0 Å². The SMILES string of the molecule is CC(C)(C)CCC(NN)c1c(F)cc(F)cc1F. The van der Waals surface area contributed by atoms with Gasteiger partial charge in [0.05, 0.1) is 6.04 Å². The highest BCUT2D eigenvalue weighted by molar-refractivity contribution is 5.24. The smallest absolute Gasteiger partial charge is 0.133 e. The summed E-state index contributed by atoms with van der Waals surface area (Å²) in [5.74, 6) is 2.58. The van der Waals surface area contributed by atoms with E-state index in [4.69, 9.17) is 5.84 Å². The fourth-order valence-electron chi connectivity index (χ4n) is 1.77. The summed E-state index contributed by atoms with van der Waals surface area (Å²) >= 11 is 0. The minimum Gasteiger partial charge on any atom is -0.271 e. The minimum atomic E-state index is -0.930. The van der Waals surface area contributed by atoms with Crippen LogP contribution in [-0.4, -0.2) is 0 Å². The van der Waals surface area contributed by atoms with Crippen molar-refractivity contribution in [1.82, 2.24) is 5.43 Å². The molecule has 0 aliphatic carbocycles. The summed E-state index contributed by atoms with van der Waals surface area (Å²) < 4.78 is 40.0. The molecule has 18 heavy (non-hydrogen) atoms. The summed E-state index contributed by atoms with van der Waals surface area (Å²) in [5.41, 5.74) is 2.21. The number of halogens is 3. The molecule has 0 fully saturated rings. The highest BCUT2D eigenvalue weighted by atomic mass is 19.1. The molecule has 102 valence electrons. The molecule has 0 amide bonds. The van der Waals surface area contributed by atoms with Gasteiger partial charge >= 0.3 is 0 Å². The molecule has 1 rings (SSSR count). The van der Waals surface area contributed by atoms with E-state index >= 15 is 0 Å². The third-order valence-corrected chi connectivity index (χ3v) is 2.78. The van der Waals surface area contributed by atoms with Crippen molar-refractivity contribution in [3.05, 3.63) is 35.1 Å². The van der Waals surface area contributed by atoms with Crippen molar-refractivity contribution in [2.75, 3.05) is 0 Å². The molecule has 1 aromatic rings. The number of hydrogen-bond donors (Lipinski definition) is 2. The van der Waals surface area contributed by atoms with Gasteiger partial charge in [0.2, 0.25) is 0 Å². The summed E-state index contributed by atoms with van der Waals surface area (Å²) in [7, 11) is 0. The Morgan fingerprint density at radius 2 is 1.67 bits per heavy atom. The van der Waals surface area contributed by atoms with E-state index in [0.717, 1.165) is 6.42 Å². The maximum absolute atomic E-state index is 13.6. The summed E-state index contributed by atoms with van der Waals surface area (Å²) in [6, 6.07) is 0.671. The fourth-order valence-corrected chi connectivity index (χ4v) is 1.77. The molecular formula is C13H19F3N2. The zero-order valence-corrected chi connectivity index (χ0v) is 10.9. The predicted octanol–water partition coefficient (Wildman–Crippen LogP) is 3.43. The van der Waals surface area contributed by atoms with Gasteiger partial charge in [-0.05, 0) is 18.3 Å². The second kappa shape index (κ2) is 5.71. The minimum absolute atomic E-state index is 0.0298. The zero-order valence-electron chi connectivity index (χ0n) is 10.9. The van der Waals surface area contributed by atoms with Crippen LogP contribution in [0.15, 0.2) is 12.1 Å². The number of nitrogens with one attached hydrogen (secondary N) is 1. The standard InChI is InChI=1S/C13H19F3N2/c1-13(2,3)5-4-11(18-17)12-9(15)6-8(14)7-10(12)16/h6-7,11,18H,4-5,17H2,1-3H3. The Labute approximate surface area is 105 Å². The summed E-state index contributed by atoms with van der Waals surface area (Å²) in [4.78, 5) is 0. The van der Waals surface area contributed by atoms with E-state index < -0.39 is 23.5 Å². The molecule has 1 atom stereocenters. The second-order valence-electron chi connectivity index (χ2n) is 5.60. The van der Waals surface area contributed by atoms with Gasteiger partial charge in [-0.25, -0.2) is 13.2 Å². The Bertz CT molecular complexity index is 390. The summed E-state index contributed by atoms with van der Waals surface area (Å²) in [5, 5.41) is 0. The quantitative estimate of drug-likeness (QED) is 0.643. The van der Waals surface area contributed by atoms with E-state index in [0.29, 0.717) is 18.6 Å². The predicted molar refractivity (Wildman–Crippen MR) is 65.1 cm³/mol. The molecule has 3 N–H and O–H groups in total. The average molecular weight is 260 g/mol. The third kappa shape index (κ3) is 3.99. The monoisotopic (exact) mass is 260 g/mol. The van der Waals surface area contributed by atoms with Crippen LogP contribution in [-0.2, 0) is 0 Å². The van der Waals surface area contributed by atoms with Crippen molar-refractivity contribution in [2.24, 2.45) is 11.3 Å². The molecule has 2 nitrogen and oxygen atoms in total. The van der Waals surface area contributed by atoms with Crippen LogP contribution in [0.5, 0.6) is 0 Å². The Kier molecular flexibility index (Phi) is 4.76. The molecule has 0 bridgehead atoms. The van der Waals surface area contributed by atoms with E-state index in [1.54, 1.807) is 0 Å². The number of hydrogen-bond acceptors (Lipinski definition) is 2. The first-order valence-electron chi connectivity index (χ1n) is 5.85. The van der Waals surface area contributed by atoms with Crippen molar-refractivity contribution in [3.8, 4) is 0 Å². The van der Waals surface area contributed by atoms with Crippen molar-refractivity contribution in [2.45, 2.75) is 39.7 Å². The molecule has 0 aliphatic heterocycles. The lowest BCUT2D eigenvalue weighted by Gasteiger charge is -2.23. The Balaban J connectivity index is 2.95. The van der Waals surface area contributed by atoms with Gasteiger partial charge in [-0.15, -0.1) is 0 Å². The molecule has 0 aromatic heterocycles. The highest BCUT2D eigenvalue weighted by Crippen LogP contribution is 2.29. The topological polar surface area (TPSA) is 38.0 Å². The Morgan fingerprint density at radius 3 is 2.06 bits per heavy atom.